The topological polar surface area (TPSA) is 122 Å². The first-order chi connectivity index (χ1) is 16.4. The second-order valence-electron chi connectivity index (χ2n) is 8.03. The Balaban J connectivity index is 1.78. The second-order valence-corrected chi connectivity index (χ2v) is 8.03. The fourth-order valence-corrected chi connectivity index (χ4v) is 4.27. The number of morpholine rings is 1. The molecule has 2 aromatic rings. The lowest BCUT2D eigenvalue weighted by atomic mass is 9.95. The fraction of sp³-hybridized carbons (Fsp3) is 0.333. The van der Waals surface area contributed by atoms with Crippen molar-refractivity contribution in [1.29, 1.82) is 0 Å². The highest BCUT2D eigenvalue weighted by molar-refractivity contribution is 6.46. The van der Waals surface area contributed by atoms with Crippen LogP contribution in [0.25, 0.3) is 5.76 Å². The quantitative estimate of drug-likeness (QED) is 0.217. The van der Waals surface area contributed by atoms with Gasteiger partial charge < -0.3 is 19.5 Å². The summed E-state index contributed by atoms with van der Waals surface area (Å²) in [6.07, 6.45) is 0. The Morgan fingerprint density at radius 2 is 1.88 bits per heavy atom. The van der Waals surface area contributed by atoms with Gasteiger partial charge in [0.25, 0.3) is 17.4 Å². The molecule has 10 heteroatoms. The summed E-state index contributed by atoms with van der Waals surface area (Å²) in [4.78, 5) is 40.6. The SMILES string of the molecule is COc1cccc(/C(O)=C2\C(=O)C(=O)N(CCN3CCOCC3)C2c2cccc([N+](=O)[O-])c2)c1. The molecule has 0 spiro atoms. The van der Waals surface area contributed by atoms with Crippen LogP contribution >= 0.6 is 0 Å². The Morgan fingerprint density at radius 1 is 1.15 bits per heavy atom. The molecule has 2 aliphatic heterocycles. The van der Waals surface area contributed by atoms with Crippen LogP contribution in [-0.2, 0) is 14.3 Å². The zero-order valence-electron chi connectivity index (χ0n) is 18.7. The van der Waals surface area contributed by atoms with Gasteiger partial charge in [-0.1, -0.05) is 24.3 Å². The lowest BCUT2D eigenvalue weighted by molar-refractivity contribution is -0.384. The maximum atomic E-state index is 13.1. The van der Waals surface area contributed by atoms with Crippen molar-refractivity contribution in [2.45, 2.75) is 6.04 Å². The van der Waals surface area contributed by atoms with Crippen LogP contribution in [0.4, 0.5) is 5.69 Å². The van der Waals surface area contributed by atoms with Crippen LogP contribution in [0.5, 0.6) is 5.75 Å². The third-order valence-electron chi connectivity index (χ3n) is 6.04. The molecule has 10 nitrogen and oxygen atoms in total. The van der Waals surface area contributed by atoms with E-state index in [9.17, 15) is 24.8 Å². The van der Waals surface area contributed by atoms with Crippen LogP contribution in [0.3, 0.4) is 0 Å². The predicted octanol–water partition coefficient (Wildman–Crippen LogP) is 2.36. The summed E-state index contributed by atoms with van der Waals surface area (Å²) in [5.74, 6) is -1.48. The first-order valence-corrected chi connectivity index (χ1v) is 10.9. The lowest BCUT2D eigenvalue weighted by Crippen LogP contribution is -2.42. The number of ether oxygens (including phenoxy) is 2. The van der Waals surface area contributed by atoms with E-state index in [0.717, 1.165) is 0 Å². The Morgan fingerprint density at radius 3 is 2.59 bits per heavy atom. The van der Waals surface area contributed by atoms with E-state index in [0.29, 0.717) is 49.7 Å². The van der Waals surface area contributed by atoms with E-state index in [2.05, 4.69) is 4.90 Å². The molecular weight excluding hydrogens is 442 g/mol. The van der Waals surface area contributed by atoms with Gasteiger partial charge in [-0.25, -0.2) is 0 Å². The summed E-state index contributed by atoms with van der Waals surface area (Å²) in [6, 6.07) is 11.3. The molecule has 0 saturated carbocycles. The molecule has 0 radical (unpaired) electrons. The Labute approximate surface area is 196 Å². The van der Waals surface area contributed by atoms with Crippen LogP contribution in [0.1, 0.15) is 17.2 Å². The summed E-state index contributed by atoms with van der Waals surface area (Å²) in [6.45, 7) is 3.30. The van der Waals surface area contributed by atoms with Gasteiger partial charge in [-0.05, 0) is 17.7 Å². The molecule has 2 aromatic carbocycles. The highest BCUT2D eigenvalue weighted by Gasteiger charge is 2.46. The number of nitrogens with zero attached hydrogens (tertiary/aromatic N) is 3. The minimum Gasteiger partial charge on any atom is -0.507 e. The third kappa shape index (κ3) is 4.63. The lowest BCUT2D eigenvalue weighted by Gasteiger charge is -2.31. The summed E-state index contributed by atoms with van der Waals surface area (Å²) < 4.78 is 10.6. The van der Waals surface area contributed by atoms with Gasteiger partial charge in [-0.2, -0.15) is 0 Å². The van der Waals surface area contributed by atoms with Gasteiger partial charge in [0, 0.05) is 43.9 Å². The molecule has 1 N–H and O–H groups in total. The number of aliphatic hydroxyl groups is 1. The van der Waals surface area contributed by atoms with Crippen LogP contribution in [0, 0.1) is 10.1 Å². The number of methoxy groups -OCH3 is 1. The van der Waals surface area contributed by atoms with Gasteiger partial charge in [-0.3, -0.25) is 24.6 Å². The smallest absolute Gasteiger partial charge is 0.295 e. The predicted molar refractivity (Wildman–Crippen MR) is 122 cm³/mol. The number of carbonyl (C=O) groups excluding carboxylic acids is 2. The largest absolute Gasteiger partial charge is 0.507 e. The molecule has 1 unspecified atom stereocenters. The van der Waals surface area contributed by atoms with E-state index < -0.39 is 22.7 Å². The number of carbonyl (C=O) groups is 2. The molecule has 1 atom stereocenters. The van der Waals surface area contributed by atoms with Crippen LogP contribution in [0.2, 0.25) is 0 Å². The first kappa shape index (κ1) is 23.4. The molecule has 2 aliphatic rings. The Hall–Kier alpha value is -3.76. The van der Waals surface area contributed by atoms with Gasteiger partial charge in [0.05, 0.1) is 36.9 Å². The first-order valence-electron chi connectivity index (χ1n) is 10.9. The average molecular weight is 467 g/mol. The standard InChI is InChI=1S/C24H25N3O7/c1-33-19-7-3-5-17(15-19)22(28)20-21(16-4-2-6-18(14-16)27(31)32)26(24(30)23(20)29)9-8-25-10-12-34-13-11-25/h2-7,14-15,21,28H,8-13H2,1H3/b22-20+. The molecule has 0 aliphatic carbocycles. The van der Waals surface area contributed by atoms with Crippen molar-refractivity contribution < 1.29 is 29.1 Å². The molecule has 4 rings (SSSR count). The van der Waals surface area contributed by atoms with Crippen LogP contribution < -0.4 is 4.74 Å². The van der Waals surface area contributed by atoms with Crippen LogP contribution in [-0.4, -0.2) is 78.0 Å². The van der Waals surface area contributed by atoms with Crippen molar-refractivity contribution in [3.05, 3.63) is 75.3 Å². The second kappa shape index (κ2) is 10.0. The van der Waals surface area contributed by atoms with Gasteiger partial charge >= 0.3 is 0 Å². The van der Waals surface area contributed by atoms with Gasteiger partial charge in [0.15, 0.2) is 0 Å². The molecule has 178 valence electrons. The van der Waals surface area contributed by atoms with Crippen LogP contribution in [0.15, 0.2) is 54.1 Å². The number of ketones is 1. The maximum Gasteiger partial charge on any atom is 0.295 e. The summed E-state index contributed by atoms with van der Waals surface area (Å²) in [7, 11) is 1.48. The number of hydrogen-bond donors (Lipinski definition) is 1. The zero-order chi connectivity index (χ0) is 24.2. The molecule has 0 aromatic heterocycles. The number of non-ortho nitro benzene ring substituents is 1. The number of Topliss-reactive ketones (excluding diaryl/α,β-unsaturated/α-hetero) is 1. The fourth-order valence-electron chi connectivity index (χ4n) is 4.27. The minimum atomic E-state index is -0.966. The Kier molecular flexibility index (Phi) is 6.90. The number of nitro groups is 1. The molecule has 1 amide bonds. The molecular formula is C24H25N3O7. The van der Waals surface area contributed by atoms with E-state index in [1.54, 1.807) is 30.3 Å². The molecule has 34 heavy (non-hydrogen) atoms. The van der Waals surface area contributed by atoms with Crippen molar-refractivity contribution in [1.82, 2.24) is 9.80 Å². The minimum absolute atomic E-state index is 0.110. The molecule has 2 fully saturated rings. The van der Waals surface area contributed by atoms with Gasteiger partial charge in [-0.15, -0.1) is 0 Å². The number of amides is 1. The monoisotopic (exact) mass is 467 g/mol. The highest BCUT2D eigenvalue weighted by Crippen LogP contribution is 2.40. The van der Waals surface area contributed by atoms with Gasteiger partial charge in [0.2, 0.25) is 0 Å². The molecule has 0 bridgehead atoms. The third-order valence-corrected chi connectivity index (χ3v) is 6.04. The van der Waals surface area contributed by atoms with Crippen molar-refractivity contribution in [3.8, 4) is 5.75 Å². The number of benzene rings is 2. The summed E-state index contributed by atoms with van der Waals surface area (Å²) >= 11 is 0. The zero-order valence-corrected chi connectivity index (χ0v) is 18.7. The number of aliphatic hydroxyl groups excluding tert-OH is 1. The van der Waals surface area contributed by atoms with E-state index in [1.165, 1.54) is 30.2 Å². The summed E-state index contributed by atoms with van der Waals surface area (Å²) in [5.41, 5.74) is 0.402. The van der Waals surface area contributed by atoms with Gasteiger partial charge in [0.1, 0.15) is 11.5 Å². The summed E-state index contributed by atoms with van der Waals surface area (Å²) in [5, 5.41) is 22.5. The van der Waals surface area contributed by atoms with Crippen molar-refractivity contribution in [2.24, 2.45) is 0 Å². The average Bonchev–Trinajstić information content (AvgIpc) is 3.12. The van der Waals surface area contributed by atoms with E-state index in [1.807, 2.05) is 0 Å². The number of rotatable bonds is 7. The normalized spacial score (nSPS) is 20.5. The molecule has 2 saturated heterocycles. The highest BCUT2D eigenvalue weighted by atomic mass is 16.6. The van der Waals surface area contributed by atoms with Crippen molar-refractivity contribution in [2.75, 3.05) is 46.5 Å². The number of likely N-dealkylation sites (tertiary alicyclic amines) is 1. The van der Waals surface area contributed by atoms with E-state index >= 15 is 0 Å². The van der Waals surface area contributed by atoms with Crippen molar-refractivity contribution >= 4 is 23.1 Å². The van der Waals surface area contributed by atoms with E-state index in [-0.39, 0.29) is 23.6 Å². The Bertz CT molecular complexity index is 1140. The molecule has 2 heterocycles. The maximum absolute atomic E-state index is 13.1. The van der Waals surface area contributed by atoms with E-state index in [4.69, 9.17) is 9.47 Å². The number of hydrogen-bond acceptors (Lipinski definition) is 8. The van der Waals surface area contributed by atoms with Crippen molar-refractivity contribution in [3.63, 3.8) is 0 Å². The number of nitro benzene ring substituents is 1.